The molecule has 2 heterocycles. The maximum absolute atomic E-state index is 13.1. The van der Waals surface area contributed by atoms with Crippen molar-refractivity contribution in [3.05, 3.63) is 77.6 Å². The third-order valence-electron chi connectivity index (χ3n) is 4.93. The average Bonchev–Trinajstić information content (AvgIpc) is 3.15. The van der Waals surface area contributed by atoms with Crippen LogP contribution in [0.4, 0.5) is 10.1 Å². The van der Waals surface area contributed by atoms with E-state index in [1.165, 1.54) is 24.3 Å². The standard InChI is InChI=1S/C21H21FN4O3S/c22-15-8-10-17(11-9-15)30(28,29)25-19-6-2-1-5-18(19)21(27)23-13-16-14-26-12-4-3-7-20(26)24-16/h1-2,5-6,8-11,14,25H,3-4,7,12-13H2,(H,23,27). The zero-order valence-electron chi connectivity index (χ0n) is 16.1. The number of nitrogens with one attached hydrogen (secondary N) is 2. The Hall–Kier alpha value is -3.20. The van der Waals surface area contributed by atoms with Crippen LogP contribution in [0.3, 0.4) is 0 Å². The van der Waals surface area contributed by atoms with Gasteiger partial charge in [0, 0.05) is 19.2 Å². The zero-order valence-corrected chi connectivity index (χ0v) is 17.0. The second-order valence-electron chi connectivity index (χ2n) is 7.09. The van der Waals surface area contributed by atoms with Crippen LogP contribution in [0.5, 0.6) is 0 Å². The van der Waals surface area contributed by atoms with E-state index in [9.17, 15) is 17.6 Å². The van der Waals surface area contributed by atoms with Gasteiger partial charge in [0.25, 0.3) is 15.9 Å². The van der Waals surface area contributed by atoms with Crippen molar-refractivity contribution < 1.29 is 17.6 Å². The second kappa shape index (κ2) is 8.27. The second-order valence-corrected chi connectivity index (χ2v) is 8.77. The van der Waals surface area contributed by atoms with Crippen LogP contribution in [0.2, 0.25) is 0 Å². The molecule has 1 amide bonds. The van der Waals surface area contributed by atoms with Crippen LogP contribution in [0, 0.1) is 5.82 Å². The van der Waals surface area contributed by atoms with Gasteiger partial charge in [-0.05, 0) is 49.2 Å². The molecule has 0 atom stereocenters. The monoisotopic (exact) mass is 428 g/mol. The van der Waals surface area contributed by atoms with E-state index < -0.39 is 21.7 Å². The Balaban J connectivity index is 1.49. The van der Waals surface area contributed by atoms with Crippen molar-refractivity contribution in [3.8, 4) is 0 Å². The lowest BCUT2D eigenvalue weighted by Crippen LogP contribution is -2.25. The number of carbonyl (C=O) groups is 1. The van der Waals surface area contributed by atoms with Crippen LogP contribution in [0.25, 0.3) is 0 Å². The van der Waals surface area contributed by atoms with Crippen molar-refractivity contribution in [1.29, 1.82) is 0 Å². The Bertz CT molecular complexity index is 1150. The third kappa shape index (κ3) is 4.35. The summed E-state index contributed by atoms with van der Waals surface area (Å²) < 4.78 is 42.8. The van der Waals surface area contributed by atoms with Crippen LogP contribution in [0.15, 0.2) is 59.6 Å². The number of benzene rings is 2. The van der Waals surface area contributed by atoms with E-state index in [0.29, 0.717) is 0 Å². The Morgan fingerprint density at radius 3 is 2.63 bits per heavy atom. The van der Waals surface area contributed by atoms with Gasteiger partial charge in [0.05, 0.1) is 28.4 Å². The topological polar surface area (TPSA) is 93.1 Å². The number of hydrogen-bond donors (Lipinski definition) is 2. The molecule has 0 bridgehead atoms. The highest BCUT2D eigenvalue weighted by Gasteiger charge is 2.19. The highest BCUT2D eigenvalue weighted by molar-refractivity contribution is 7.92. The Morgan fingerprint density at radius 1 is 1.10 bits per heavy atom. The molecule has 0 unspecified atom stereocenters. The fourth-order valence-corrected chi connectivity index (χ4v) is 4.49. The molecule has 1 aliphatic rings. The van der Waals surface area contributed by atoms with E-state index in [0.717, 1.165) is 49.5 Å². The molecule has 0 fully saturated rings. The van der Waals surface area contributed by atoms with E-state index in [-0.39, 0.29) is 22.7 Å². The number of anilines is 1. The minimum Gasteiger partial charge on any atom is -0.346 e. The first-order valence-corrected chi connectivity index (χ1v) is 11.1. The number of para-hydroxylation sites is 1. The first-order chi connectivity index (χ1) is 14.4. The maximum atomic E-state index is 13.1. The number of nitrogens with zero attached hydrogens (tertiary/aromatic N) is 2. The Morgan fingerprint density at radius 2 is 1.87 bits per heavy atom. The lowest BCUT2D eigenvalue weighted by atomic mass is 10.1. The van der Waals surface area contributed by atoms with Gasteiger partial charge in [-0.3, -0.25) is 9.52 Å². The molecule has 156 valence electrons. The van der Waals surface area contributed by atoms with Gasteiger partial charge >= 0.3 is 0 Å². The summed E-state index contributed by atoms with van der Waals surface area (Å²) in [6, 6.07) is 10.8. The molecule has 0 saturated heterocycles. The minimum absolute atomic E-state index is 0.0947. The van der Waals surface area contributed by atoms with Gasteiger partial charge in [-0.2, -0.15) is 0 Å². The lowest BCUT2D eigenvalue weighted by Gasteiger charge is -2.12. The van der Waals surface area contributed by atoms with Crippen molar-refractivity contribution >= 4 is 21.6 Å². The molecular formula is C21H21FN4O3S. The van der Waals surface area contributed by atoms with E-state index in [1.54, 1.807) is 12.1 Å². The number of amides is 1. The van der Waals surface area contributed by atoms with Crippen molar-refractivity contribution in [2.45, 2.75) is 37.2 Å². The molecule has 9 heteroatoms. The maximum Gasteiger partial charge on any atom is 0.261 e. The normalized spacial score (nSPS) is 13.5. The van der Waals surface area contributed by atoms with E-state index in [2.05, 4.69) is 19.6 Å². The number of hydrogen-bond acceptors (Lipinski definition) is 4. The van der Waals surface area contributed by atoms with Gasteiger partial charge in [-0.1, -0.05) is 12.1 Å². The summed E-state index contributed by atoms with van der Waals surface area (Å²) in [5, 5.41) is 2.80. The molecule has 0 spiro atoms. The number of rotatable bonds is 6. The first-order valence-electron chi connectivity index (χ1n) is 9.63. The van der Waals surface area contributed by atoms with Crippen molar-refractivity contribution in [1.82, 2.24) is 14.9 Å². The van der Waals surface area contributed by atoms with E-state index in [4.69, 9.17) is 0 Å². The SMILES string of the molecule is O=C(NCc1cn2c(n1)CCCC2)c1ccccc1NS(=O)(=O)c1ccc(F)cc1. The third-order valence-corrected chi connectivity index (χ3v) is 6.31. The summed E-state index contributed by atoms with van der Waals surface area (Å²) in [6.07, 6.45) is 5.11. The van der Waals surface area contributed by atoms with E-state index >= 15 is 0 Å². The summed E-state index contributed by atoms with van der Waals surface area (Å²) in [6.45, 7) is 1.18. The van der Waals surface area contributed by atoms with Gasteiger partial charge in [-0.15, -0.1) is 0 Å². The molecule has 4 rings (SSSR count). The predicted octanol–water partition coefficient (Wildman–Crippen LogP) is 3.09. The zero-order chi connectivity index (χ0) is 21.1. The molecule has 3 aromatic rings. The largest absolute Gasteiger partial charge is 0.346 e. The Labute approximate surface area is 174 Å². The smallest absolute Gasteiger partial charge is 0.261 e. The summed E-state index contributed by atoms with van der Waals surface area (Å²) in [5.41, 5.74) is 1.10. The Kier molecular flexibility index (Phi) is 5.54. The quantitative estimate of drug-likeness (QED) is 0.631. The van der Waals surface area contributed by atoms with Crippen LogP contribution in [-0.4, -0.2) is 23.9 Å². The van der Waals surface area contributed by atoms with Crippen LogP contribution in [0.1, 0.15) is 34.7 Å². The van der Waals surface area contributed by atoms with Crippen molar-refractivity contribution in [2.75, 3.05) is 4.72 Å². The van der Waals surface area contributed by atoms with Gasteiger partial charge in [0.1, 0.15) is 11.6 Å². The van der Waals surface area contributed by atoms with Gasteiger partial charge in [0.15, 0.2) is 0 Å². The highest BCUT2D eigenvalue weighted by atomic mass is 32.2. The molecule has 2 N–H and O–H groups in total. The molecule has 0 saturated carbocycles. The number of halogens is 1. The minimum atomic E-state index is -3.97. The molecule has 2 aromatic carbocycles. The number of aromatic nitrogens is 2. The van der Waals surface area contributed by atoms with Gasteiger partial charge in [0.2, 0.25) is 0 Å². The predicted molar refractivity (Wildman–Crippen MR) is 110 cm³/mol. The van der Waals surface area contributed by atoms with Crippen molar-refractivity contribution in [3.63, 3.8) is 0 Å². The molecular weight excluding hydrogens is 407 g/mol. The highest BCUT2D eigenvalue weighted by Crippen LogP contribution is 2.21. The fourth-order valence-electron chi connectivity index (χ4n) is 3.41. The van der Waals surface area contributed by atoms with Crippen LogP contribution >= 0.6 is 0 Å². The van der Waals surface area contributed by atoms with Crippen LogP contribution in [-0.2, 0) is 29.5 Å². The van der Waals surface area contributed by atoms with E-state index in [1.807, 2.05) is 6.20 Å². The molecule has 1 aliphatic heterocycles. The fraction of sp³-hybridized carbons (Fsp3) is 0.238. The van der Waals surface area contributed by atoms with Gasteiger partial charge < -0.3 is 9.88 Å². The summed E-state index contributed by atoms with van der Waals surface area (Å²) in [5.74, 6) is 0.0750. The molecule has 1 aromatic heterocycles. The lowest BCUT2D eigenvalue weighted by molar-refractivity contribution is 0.0951. The summed E-state index contributed by atoms with van der Waals surface area (Å²) in [7, 11) is -3.97. The number of imidazole rings is 1. The molecule has 0 radical (unpaired) electrons. The van der Waals surface area contributed by atoms with Gasteiger partial charge in [-0.25, -0.2) is 17.8 Å². The van der Waals surface area contributed by atoms with Crippen LogP contribution < -0.4 is 10.0 Å². The molecule has 7 nitrogen and oxygen atoms in total. The van der Waals surface area contributed by atoms with Crippen molar-refractivity contribution in [2.24, 2.45) is 0 Å². The number of sulfonamides is 1. The number of fused-ring (bicyclic) bond motifs is 1. The number of aryl methyl sites for hydroxylation is 2. The number of carbonyl (C=O) groups excluding carboxylic acids is 1. The molecule has 0 aliphatic carbocycles. The summed E-state index contributed by atoms with van der Waals surface area (Å²) >= 11 is 0. The average molecular weight is 428 g/mol. The summed E-state index contributed by atoms with van der Waals surface area (Å²) in [4.78, 5) is 17.2. The molecule has 30 heavy (non-hydrogen) atoms. The first kappa shape index (κ1) is 20.1.